The van der Waals surface area contributed by atoms with Crippen LogP contribution in [0.3, 0.4) is 0 Å². The van der Waals surface area contributed by atoms with E-state index in [0.717, 1.165) is 0 Å². The molecule has 1 aromatic carbocycles. The van der Waals surface area contributed by atoms with Gasteiger partial charge in [-0.2, -0.15) is 0 Å². The molecule has 1 aromatic rings. The summed E-state index contributed by atoms with van der Waals surface area (Å²) in [7, 11) is -4.09. The van der Waals surface area contributed by atoms with Gasteiger partial charge in [0.25, 0.3) is 0 Å². The van der Waals surface area contributed by atoms with Crippen LogP contribution in [-0.2, 0) is 9.84 Å². The smallest absolute Gasteiger partial charge is 0.335 e. The molecule has 0 aliphatic rings. The molecule has 0 heterocycles. The van der Waals surface area contributed by atoms with E-state index in [1.165, 1.54) is 6.92 Å². The summed E-state index contributed by atoms with van der Waals surface area (Å²) < 4.78 is 51.0. The zero-order valence-electron chi connectivity index (χ0n) is 10.5. The summed E-state index contributed by atoms with van der Waals surface area (Å²) in [4.78, 5) is 9.86. The van der Waals surface area contributed by atoms with Gasteiger partial charge in [0.2, 0.25) is 0 Å². The number of hydrogen-bond acceptors (Lipinski definition) is 3. The second-order valence-corrected chi connectivity index (χ2v) is 6.55. The van der Waals surface area contributed by atoms with Crippen LogP contribution in [0.25, 0.3) is 0 Å². The van der Waals surface area contributed by atoms with Crippen LogP contribution in [0.4, 0.5) is 8.78 Å². The van der Waals surface area contributed by atoms with E-state index in [1.807, 2.05) is 0 Å². The molecule has 4 nitrogen and oxygen atoms in total. The maximum absolute atomic E-state index is 13.6. The maximum atomic E-state index is 13.6. The van der Waals surface area contributed by atoms with Crippen LogP contribution in [-0.4, -0.2) is 24.7 Å². The topological polar surface area (TPSA) is 71.4 Å². The first-order chi connectivity index (χ1) is 8.71. The van der Waals surface area contributed by atoms with Crippen LogP contribution in [0.2, 0.25) is 0 Å². The average molecular weight is 292 g/mol. The van der Waals surface area contributed by atoms with E-state index in [2.05, 4.69) is 0 Å². The lowest BCUT2D eigenvalue weighted by molar-refractivity contribution is 0.0696. The van der Waals surface area contributed by atoms with Gasteiger partial charge < -0.3 is 5.11 Å². The highest BCUT2D eigenvalue weighted by Gasteiger charge is 2.29. The zero-order valence-corrected chi connectivity index (χ0v) is 11.3. The van der Waals surface area contributed by atoms with Crippen LogP contribution in [0.15, 0.2) is 17.0 Å². The Bertz CT molecular complexity index is 596. The number of sulfone groups is 1. The minimum Gasteiger partial charge on any atom is -0.478 e. The van der Waals surface area contributed by atoms with Crippen LogP contribution >= 0.6 is 0 Å². The van der Waals surface area contributed by atoms with E-state index in [4.69, 9.17) is 5.11 Å². The molecule has 0 aromatic heterocycles. The molecule has 1 unspecified atom stereocenters. The number of rotatable bonds is 5. The summed E-state index contributed by atoms with van der Waals surface area (Å²) >= 11 is 0. The van der Waals surface area contributed by atoms with Gasteiger partial charge >= 0.3 is 5.97 Å². The Morgan fingerprint density at radius 3 is 2.42 bits per heavy atom. The molecule has 0 saturated heterocycles. The van der Waals surface area contributed by atoms with Gasteiger partial charge in [-0.25, -0.2) is 22.0 Å². The van der Waals surface area contributed by atoms with E-state index in [9.17, 15) is 22.0 Å². The van der Waals surface area contributed by atoms with Gasteiger partial charge in [-0.05, 0) is 25.5 Å². The highest BCUT2D eigenvalue weighted by molar-refractivity contribution is 7.92. The van der Waals surface area contributed by atoms with E-state index >= 15 is 0 Å². The van der Waals surface area contributed by atoms with Crippen molar-refractivity contribution in [1.29, 1.82) is 0 Å². The predicted molar refractivity (Wildman–Crippen MR) is 64.9 cm³/mol. The number of benzene rings is 1. The summed E-state index contributed by atoms with van der Waals surface area (Å²) in [5, 5.41) is 7.84. The Kier molecular flexibility index (Phi) is 4.62. The van der Waals surface area contributed by atoms with Crippen LogP contribution < -0.4 is 0 Å². The summed E-state index contributed by atoms with van der Waals surface area (Å²) in [6.07, 6.45) is 0.837. The normalized spacial score (nSPS) is 13.3. The Hall–Kier alpha value is -1.50. The molecular weight excluding hydrogens is 278 g/mol. The van der Waals surface area contributed by atoms with Crippen LogP contribution in [0.1, 0.15) is 37.0 Å². The Balaban J connectivity index is 3.45. The van der Waals surface area contributed by atoms with Crippen molar-refractivity contribution in [3.63, 3.8) is 0 Å². The Labute approximate surface area is 110 Å². The molecule has 106 valence electrons. The molecule has 0 aliphatic carbocycles. The molecule has 0 bridgehead atoms. The van der Waals surface area contributed by atoms with Crippen molar-refractivity contribution >= 4 is 15.8 Å². The highest BCUT2D eigenvalue weighted by atomic mass is 32.2. The largest absolute Gasteiger partial charge is 0.478 e. The van der Waals surface area contributed by atoms with E-state index in [-0.39, 0.29) is 6.42 Å². The van der Waals surface area contributed by atoms with Gasteiger partial charge in [0.1, 0.15) is 4.90 Å². The third-order valence-corrected chi connectivity index (χ3v) is 4.98. The van der Waals surface area contributed by atoms with Crippen molar-refractivity contribution in [1.82, 2.24) is 0 Å². The molecule has 0 amide bonds. The number of halogens is 2. The molecule has 0 radical (unpaired) electrons. The van der Waals surface area contributed by atoms with E-state index in [1.54, 1.807) is 6.92 Å². The van der Waals surface area contributed by atoms with Crippen molar-refractivity contribution in [2.75, 3.05) is 0 Å². The molecule has 1 atom stereocenters. The van der Waals surface area contributed by atoms with E-state index < -0.39 is 43.1 Å². The maximum Gasteiger partial charge on any atom is 0.335 e. The number of hydrogen-bond donors (Lipinski definition) is 1. The van der Waals surface area contributed by atoms with Crippen molar-refractivity contribution in [3.8, 4) is 0 Å². The van der Waals surface area contributed by atoms with Crippen molar-refractivity contribution in [3.05, 3.63) is 29.3 Å². The van der Waals surface area contributed by atoms with Gasteiger partial charge in [-0.15, -0.1) is 0 Å². The SMILES string of the molecule is CCCC(C)S(=O)(=O)c1cc(C(=O)O)cc(F)c1F. The van der Waals surface area contributed by atoms with Gasteiger partial charge in [0.05, 0.1) is 10.8 Å². The number of aromatic carboxylic acids is 1. The fourth-order valence-electron chi connectivity index (χ4n) is 1.67. The van der Waals surface area contributed by atoms with E-state index in [0.29, 0.717) is 18.6 Å². The monoisotopic (exact) mass is 292 g/mol. The number of carboxylic acid groups (broad SMARTS) is 1. The summed E-state index contributed by atoms with van der Waals surface area (Å²) in [5.41, 5.74) is -0.596. The molecule has 1 N–H and O–H groups in total. The molecule has 1 rings (SSSR count). The van der Waals surface area contributed by atoms with Crippen LogP contribution in [0.5, 0.6) is 0 Å². The lowest BCUT2D eigenvalue weighted by atomic mass is 10.2. The first-order valence-electron chi connectivity index (χ1n) is 5.68. The molecule has 0 saturated carbocycles. The number of carboxylic acids is 1. The fraction of sp³-hybridized carbons (Fsp3) is 0.417. The van der Waals surface area contributed by atoms with Crippen molar-refractivity contribution in [2.45, 2.75) is 36.8 Å². The molecule has 0 fully saturated rings. The molecule has 0 aliphatic heterocycles. The van der Waals surface area contributed by atoms with Gasteiger partial charge in [0, 0.05) is 0 Å². The zero-order chi connectivity index (χ0) is 14.8. The standard InChI is InChI=1S/C12H14F2O4S/c1-3-4-7(2)19(17,18)10-6-8(12(15)16)5-9(13)11(10)14/h5-7H,3-4H2,1-2H3,(H,15,16). The highest BCUT2D eigenvalue weighted by Crippen LogP contribution is 2.25. The minimum atomic E-state index is -4.09. The first-order valence-corrected chi connectivity index (χ1v) is 7.22. The minimum absolute atomic E-state index is 0.278. The molecule has 19 heavy (non-hydrogen) atoms. The first kappa shape index (κ1) is 15.6. The van der Waals surface area contributed by atoms with Crippen molar-refractivity contribution in [2.24, 2.45) is 0 Å². The van der Waals surface area contributed by atoms with Crippen molar-refractivity contribution < 1.29 is 27.1 Å². The Morgan fingerprint density at radius 2 is 1.95 bits per heavy atom. The molecular formula is C12H14F2O4S. The summed E-state index contributed by atoms with van der Waals surface area (Å²) in [6.45, 7) is 3.14. The predicted octanol–water partition coefficient (Wildman–Crippen LogP) is 2.63. The fourth-order valence-corrected chi connectivity index (χ4v) is 3.29. The lowest BCUT2D eigenvalue weighted by Gasteiger charge is -2.13. The third kappa shape index (κ3) is 3.09. The van der Waals surface area contributed by atoms with Gasteiger partial charge in [-0.1, -0.05) is 13.3 Å². The molecule has 7 heteroatoms. The Morgan fingerprint density at radius 1 is 1.37 bits per heavy atom. The van der Waals surface area contributed by atoms with Gasteiger partial charge in [-0.3, -0.25) is 0 Å². The average Bonchev–Trinajstić information content (AvgIpc) is 2.32. The lowest BCUT2D eigenvalue weighted by Crippen LogP contribution is -2.20. The second kappa shape index (κ2) is 5.64. The van der Waals surface area contributed by atoms with Crippen LogP contribution in [0, 0.1) is 11.6 Å². The third-order valence-electron chi connectivity index (χ3n) is 2.77. The second-order valence-electron chi connectivity index (χ2n) is 4.22. The molecule has 0 spiro atoms. The van der Waals surface area contributed by atoms with Gasteiger partial charge in [0.15, 0.2) is 21.5 Å². The summed E-state index contributed by atoms with van der Waals surface area (Å²) in [5.74, 6) is -4.53. The quantitative estimate of drug-likeness (QED) is 0.905. The number of carbonyl (C=O) groups is 1. The summed E-state index contributed by atoms with van der Waals surface area (Å²) in [6, 6.07) is 1.11.